The van der Waals surface area contributed by atoms with Crippen molar-refractivity contribution in [2.24, 2.45) is 0 Å². The van der Waals surface area contributed by atoms with Gasteiger partial charge in [0.25, 0.3) is 11.8 Å². The molecule has 0 aliphatic carbocycles. The molecular weight excluding hydrogens is 370 g/mol. The smallest absolute Gasteiger partial charge is 0.272 e. The molecule has 0 fully saturated rings. The molecule has 3 rings (SSSR count). The van der Waals surface area contributed by atoms with Crippen LogP contribution < -0.4 is 9.64 Å². The molecular formula is C19H19NO4S2. The van der Waals surface area contributed by atoms with E-state index in [2.05, 4.69) is 0 Å². The molecule has 0 spiro atoms. The quantitative estimate of drug-likeness (QED) is 0.700. The van der Waals surface area contributed by atoms with Gasteiger partial charge in [-0.05, 0) is 30.0 Å². The van der Waals surface area contributed by atoms with E-state index < -0.39 is 0 Å². The molecule has 1 aliphatic rings. The number of thioether (sulfide) groups is 1. The lowest BCUT2D eigenvalue weighted by Crippen LogP contribution is -2.31. The van der Waals surface area contributed by atoms with Crippen LogP contribution in [0.5, 0.6) is 5.75 Å². The van der Waals surface area contributed by atoms with Crippen LogP contribution in [0.3, 0.4) is 0 Å². The number of aliphatic hydroxyl groups excluding tert-OH is 1. The van der Waals surface area contributed by atoms with Gasteiger partial charge in [0.1, 0.15) is 5.75 Å². The molecule has 0 unspecified atom stereocenters. The lowest BCUT2D eigenvalue weighted by Gasteiger charge is -2.19. The third kappa shape index (κ3) is 3.56. The first-order chi connectivity index (χ1) is 12.7. The van der Waals surface area contributed by atoms with Gasteiger partial charge in [0.05, 0.1) is 29.4 Å². The predicted molar refractivity (Wildman–Crippen MR) is 106 cm³/mol. The highest BCUT2D eigenvalue weighted by molar-refractivity contribution is 8.04. The van der Waals surface area contributed by atoms with Gasteiger partial charge < -0.3 is 9.84 Å². The average Bonchev–Trinajstić information content (AvgIpc) is 3.25. The molecule has 2 aromatic rings. The number of anilines is 1. The zero-order chi connectivity index (χ0) is 18.5. The van der Waals surface area contributed by atoms with Gasteiger partial charge in [0.15, 0.2) is 0 Å². The third-order valence-corrected chi connectivity index (χ3v) is 5.66. The summed E-state index contributed by atoms with van der Waals surface area (Å²) in [5, 5.41) is 11.0. The van der Waals surface area contributed by atoms with Crippen LogP contribution in [0.2, 0.25) is 0 Å². The molecule has 136 valence electrons. The van der Waals surface area contributed by atoms with Crippen molar-refractivity contribution in [3.8, 4) is 5.75 Å². The molecule has 2 amide bonds. The molecule has 0 saturated carbocycles. The van der Waals surface area contributed by atoms with Gasteiger partial charge in [-0.1, -0.05) is 25.1 Å². The van der Waals surface area contributed by atoms with Gasteiger partial charge >= 0.3 is 0 Å². The fourth-order valence-electron chi connectivity index (χ4n) is 2.62. The summed E-state index contributed by atoms with van der Waals surface area (Å²) in [5.74, 6) is 0.134. The monoisotopic (exact) mass is 389 g/mol. The minimum absolute atomic E-state index is 0.0659. The van der Waals surface area contributed by atoms with Gasteiger partial charge in [-0.25, -0.2) is 4.90 Å². The molecule has 1 aromatic heterocycles. The molecule has 0 radical (unpaired) electrons. The number of thiophene rings is 1. The van der Waals surface area contributed by atoms with E-state index in [9.17, 15) is 9.59 Å². The predicted octanol–water partition coefficient (Wildman–Crippen LogP) is 3.55. The van der Waals surface area contributed by atoms with E-state index in [1.165, 1.54) is 28.0 Å². The molecule has 0 bridgehead atoms. The Morgan fingerprint density at radius 1 is 1.15 bits per heavy atom. The molecule has 2 heterocycles. The van der Waals surface area contributed by atoms with Crippen LogP contribution in [0.25, 0.3) is 5.57 Å². The number of hydrogen-bond donors (Lipinski definition) is 1. The number of hydrogen-bond acceptors (Lipinski definition) is 6. The van der Waals surface area contributed by atoms with Crippen LogP contribution in [0.1, 0.15) is 18.2 Å². The van der Waals surface area contributed by atoms with E-state index in [-0.39, 0.29) is 18.4 Å². The Balaban J connectivity index is 2.02. The largest absolute Gasteiger partial charge is 0.491 e. The third-order valence-electron chi connectivity index (χ3n) is 3.71. The second-order valence-electron chi connectivity index (χ2n) is 5.52. The van der Waals surface area contributed by atoms with Crippen molar-refractivity contribution in [1.29, 1.82) is 0 Å². The van der Waals surface area contributed by atoms with Crippen molar-refractivity contribution in [3.05, 3.63) is 51.6 Å². The number of ether oxygens (including phenoxy) is 1. The molecule has 0 atom stereocenters. The lowest BCUT2D eigenvalue weighted by molar-refractivity contribution is -0.119. The van der Waals surface area contributed by atoms with Gasteiger partial charge in [0.2, 0.25) is 0 Å². The normalized spacial score (nSPS) is 14.5. The van der Waals surface area contributed by atoms with Crippen LogP contribution in [0.15, 0.2) is 46.7 Å². The number of imide groups is 1. The van der Waals surface area contributed by atoms with E-state index in [0.717, 1.165) is 11.3 Å². The summed E-state index contributed by atoms with van der Waals surface area (Å²) in [6.07, 6.45) is 0.826. The maximum Gasteiger partial charge on any atom is 0.272 e. The highest BCUT2D eigenvalue weighted by Gasteiger charge is 2.41. The van der Waals surface area contributed by atoms with E-state index in [1.54, 1.807) is 18.2 Å². The maximum atomic E-state index is 13.1. The molecule has 7 heteroatoms. The minimum atomic E-state index is -0.371. The molecule has 0 saturated heterocycles. The highest BCUT2D eigenvalue weighted by atomic mass is 32.2. The number of benzene rings is 1. The lowest BCUT2D eigenvalue weighted by atomic mass is 10.2. The summed E-state index contributed by atoms with van der Waals surface area (Å²) in [4.78, 5) is 28.5. The van der Waals surface area contributed by atoms with E-state index in [0.29, 0.717) is 34.3 Å². The first kappa shape index (κ1) is 18.7. The molecule has 1 aliphatic heterocycles. The van der Waals surface area contributed by atoms with Crippen molar-refractivity contribution in [2.45, 2.75) is 13.3 Å². The topological polar surface area (TPSA) is 66.8 Å². The number of aliphatic hydroxyl groups is 1. The highest BCUT2D eigenvalue weighted by Crippen LogP contribution is 2.42. The first-order valence-corrected chi connectivity index (χ1v) is 10.2. The molecule has 5 nitrogen and oxygen atoms in total. The number of carbonyl (C=O) groups is 2. The molecule has 26 heavy (non-hydrogen) atoms. The summed E-state index contributed by atoms with van der Waals surface area (Å²) < 4.78 is 5.73. The Morgan fingerprint density at radius 3 is 2.65 bits per heavy atom. The summed E-state index contributed by atoms with van der Waals surface area (Å²) in [6, 6.07) is 10.7. The van der Waals surface area contributed by atoms with Gasteiger partial charge in [0, 0.05) is 10.6 Å². The van der Waals surface area contributed by atoms with Crippen LogP contribution in [-0.2, 0) is 9.59 Å². The number of amides is 2. The Hall–Kier alpha value is -2.09. The van der Waals surface area contributed by atoms with Crippen molar-refractivity contribution in [2.75, 3.05) is 23.9 Å². The Labute approximate surface area is 160 Å². The standard InChI is InChI=1S/C19H19NO4S2/c1-2-10-24-14-7-4-3-6-13(14)20-18(22)16(15-8-5-11-25-15)17(19(20)23)26-12-9-21/h3-8,11,21H,2,9-10,12H2,1H3. The molecule has 1 N–H and O–H groups in total. The minimum Gasteiger partial charge on any atom is -0.491 e. The average molecular weight is 389 g/mol. The van der Waals surface area contributed by atoms with Gasteiger partial charge in [-0.3, -0.25) is 9.59 Å². The fraction of sp³-hybridized carbons (Fsp3) is 0.263. The first-order valence-electron chi connectivity index (χ1n) is 8.31. The summed E-state index contributed by atoms with van der Waals surface area (Å²) in [6.45, 7) is 2.43. The van der Waals surface area contributed by atoms with Crippen LogP contribution >= 0.6 is 23.1 Å². The van der Waals surface area contributed by atoms with E-state index in [1.807, 2.05) is 30.5 Å². The van der Waals surface area contributed by atoms with E-state index in [4.69, 9.17) is 9.84 Å². The number of para-hydroxylation sites is 2. The molecule has 1 aromatic carbocycles. The number of nitrogens with zero attached hydrogens (tertiary/aromatic N) is 1. The second kappa shape index (κ2) is 8.53. The van der Waals surface area contributed by atoms with Crippen molar-refractivity contribution < 1.29 is 19.4 Å². The Kier molecular flexibility index (Phi) is 6.13. The fourth-order valence-corrected chi connectivity index (χ4v) is 4.31. The van der Waals surface area contributed by atoms with Crippen molar-refractivity contribution in [1.82, 2.24) is 0 Å². The van der Waals surface area contributed by atoms with Crippen LogP contribution in [0.4, 0.5) is 5.69 Å². The summed E-state index contributed by atoms with van der Waals surface area (Å²) in [5.41, 5.74) is 0.846. The summed E-state index contributed by atoms with van der Waals surface area (Å²) >= 11 is 2.62. The van der Waals surface area contributed by atoms with Crippen molar-refractivity contribution in [3.63, 3.8) is 0 Å². The van der Waals surface area contributed by atoms with Gasteiger partial charge in [-0.2, -0.15) is 0 Å². The zero-order valence-electron chi connectivity index (χ0n) is 14.3. The van der Waals surface area contributed by atoms with Crippen LogP contribution in [0, 0.1) is 0 Å². The Morgan fingerprint density at radius 2 is 1.96 bits per heavy atom. The van der Waals surface area contributed by atoms with E-state index >= 15 is 0 Å². The Bertz CT molecular complexity index is 830. The maximum absolute atomic E-state index is 13.1. The van der Waals surface area contributed by atoms with Crippen LogP contribution in [-0.4, -0.2) is 35.9 Å². The summed E-state index contributed by atoms with van der Waals surface area (Å²) in [7, 11) is 0. The SMILES string of the molecule is CCCOc1ccccc1N1C(=O)C(SCCO)=C(c2cccs2)C1=O. The van der Waals surface area contributed by atoms with Gasteiger partial charge in [-0.15, -0.1) is 23.1 Å². The second-order valence-corrected chi connectivity index (χ2v) is 7.57. The zero-order valence-corrected chi connectivity index (χ0v) is 15.9. The number of carbonyl (C=O) groups excluding carboxylic acids is 2. The van der Waals surface area contributed by atoms with Crippen molar-refractivity contribution >= 4 is 46.2 Å². The number of rotatable bonds is 8.